The lowest BCUT2D eigenvalue weighted by atomic mass is 9.72. The maximum absolute atomic E-state index is 10.5. The van der Waals surface area contributed by atoms with Gasteiger partial charge in [-0.05, 0) is 66.5 Å². The fourth-order valence-corrected chi connectivity index (χ4v) is 4.63. The zero-order chi connectivity index (χ0) is 28.6. The predicted molar refractivity (Wildman–Crippen MR) is 166 cm³/mol. The predicted octanol–water partition coefficient (Wildman–Crippen LogP) is 5.51. The Balaban J connectivity index is 0.00000722. The molecular formula is C33H56O4Si. The van der Waals surface area contributed by atoms with E-state index in [1.165, 1.54) is 11.1 Å². The van der Waals surface area contributed by atoms with Gasteiger partial charge in [0, 0.05) is 0 Å². The van der Waals surface area contributed by atoms with Gasteiger partial charge in [0.15, 0.2) is 0 Å². The Bertz CT molecular complexity index is 1050. The van der Waals surface area contributed by atoms with E-state index in [2.05, 4.69) is 113 Å². The monoisotopic (exact) mass is 544 g/mol. The molecule has 0 aliphatic rings. The Labute approximate surface area is 236 Å². The molecule has 3 N–H and O–H groups in total. The van der Waals surface area contributed by atoms with Crippen molar-refractivity contribution in [3.05, 3.63) is 64.2 Å². The van der Waals surface area contributed by atoms with Crippen LogP contribution in [0.1, 0.15) is 117 Å². The molecule has 5 heteroatoms. The second-order valence-electron chi connectivity index (χ2n) is 14.8. The van der Waals surface area contributed by atoms with Gasteiger partial charge in [-0.3, -0.25) is 0 Å². The molecule has 0 saturated heterocycles. The summed E-state index contributed by atoms with van der Waals surface area (Å²) in [5.74, 6) is 0.699. The maximum Gasteiger partial charge on any atom is 0.136 e. The third kappa shape index (κ3) is 7.50. The average Bonchev–Trinajstić information content (AvgIpc) is 2.77. The average molecular weight is 545 g/mol. The molecule has 0 radical (unpaired) electrons. The first kappa shape index (κ1) is 34.4. The highest BCUT2D eigenvalue weighted by atomic mass is 28.1. The first-order chi connectivity index (χ1) is 16.7. The highest BCUT2D eigenvalue weighted by Crippen LogP contribution is 2.45. The summed E-state index contributed by atoms with van der Waals surface area (Å²) in [6.45, 7) is 24.9. The number of aliphatic hydroxyl groups is 3. The lowest BCUT2D eigenvalue weighted by Crippen LogP contribution is -2.43. The Morgan fingerprint density at radius 3 is 1.34 bits per heavy atom. The molecule has 0 heterocycles. The van der Waals surface area contributed by atoms with Crippen LogP contribution in [0.2, 0.25) is 0 Å². The van der Waals surface area contributed by atoms with Crippen molar-refractivity contribution in [2.75, 3.05) is 19.8 Å². The first-order valence-corrected chi connectivity index (χ1v) is 13.5. The Morgan fingerprint density at radius 2 is 0.974 bits per heavy atom. The van der Waals surface area contributed by atoms with E-state index in [1.54, 1.807) is 0 Å². The first-order valence-electron chi connectivity index (χ1n) is 13.5. The van der Waals surface area contributed by atoms with Crippen LogP contribution in [0.5, 0.6) is 5.75 Å². The van der Waals surface area contributed by atoms with Crippen molar-refractivity contribution in [3.63, 3.8) is 0 Å². The number of ether oxygens (including phenoxy) is 1. The van der Waals surface area contributed by atoms with Gasteiger partial charge in [-0.1, -0.05) is 113 Å². The van der Waals surface area contributed by atoms with Crippen molar-refractivity contribution in [1.82, 2.24) is 0 Å². The molecule has 2 rings (SSSR count). The van der Waals surface area contributed by atoms with E-state index in [4.69, 9.17) is 4.74 Å². The summed E-state index contributed by atoms with van der Waals surface area (Å²) < 4.78 is 6.85. The van der Waals surface area contributed by atoms with Crippen molar-refractivity contribution in [2.24, 2.45) is 5.41 Å². The number of hydrogen-bond donors (Lipinski definition) is 3. The van der Waals surface area contributed by atoms with E-state index in [9.17, 15) is 15.3 Å². The third-order valence-electron chi connectivity index (χ3n) is 7.41. The molecule has 0 amide bonds. The van der Waals surface area contributed by atoms with Gasteiger partial charge in [0.25, 0.3) is 0 Å². The molecule has 0 aliphatic heterocycles. The van der Waals surface area contributed by atoms with Crippen LogP contribution < -0.4 is 4.74 Å². The van der Waals surface area contributed by atoms with Crippen LogP contribution in [-0.4, -0.2) is 46.1 Å². The van der Waals surface area contributed by atoms with Crippen LogP contribution in [0.4, 0.5) is 0 Å². The largest absolute Gasteiger partial charge is 0.485 e. The van der Waals surface area contributed by atoms with Crippen LogP contribution in [0, 0.1) is 5.41 Å². The molecule has 0 aromatic heterocycles. The van der Waals surface area contributed by atoms with Crippen LogP contribution in [0.3, 0.4) is 0 Å². The molecule has 38 heavy (non-hydrogen) atoms. The van der Waals surface area contributed by atoms with Crippen molar-refractivity contribution < 1.29 is 20.1 Å². The molecule has 0 aliphatic carbocycles. The van der Waals surface area contributed by atoms with Gasteiger partial charge in [-0.25, -0.2) is 0 Å². The molecule has 0 saturated carbocycles. The Hall–Kier alpha value is -1.66. The molecule has 2 aromatic carbocycles. The van der Waals surface area contributed by atoms with Gasteiger partial charge in [0.1, 0.15) is 11.9 Å². The highest BCUT2D eigenvalue weighted by molar-refractivity contribution is 5.75. The normalized spacial score (nSPS) is 14.2. The van der Waals surface area contributed by atoms with Gasteiger partial charge in [-0.2, -0.15) is 0 Å². The summed E-state index contributed by atoms with van der Waals surface area (Å²) in [5, 5.41) is 31.6. The zero-order valence-corrected chi connectivity index (χ0v) is 25.4. The Morgan fingerprint density at radius 1 is 0.579 bits per heavy atom. The van der Waals surface area contributed by atoms with Crippen molar-refractivity contribution in [3.8, 4) is 5.75 Å². The van der Waals surface area contributed by atoms with Gasteiger partial charge in [0.05, 0.1) is 25.2 Å². The third-order valence-corrected chi connectivity index (χ3v) is 7.41. The smallest absolute Gasteiger partial charge is 0.136 e. The molecule has 216 valence electrons. The quantitative estimate of drug-likeness (QED) is 0.402. The van der Waals surface area contributed by atoms with Crippen LogP contribution >= 0.6 is 0 Å². The molecule has 2 aromatic rings. The summed E-state index contributed by atoms with van der Waals surface area (Å²) in [7, 11) is 0. The van der Waals surface area contributed by atoms with E-state index in [0.717, 1.165) is 16.7 Å². The lowest BCUT2D eigenvalue weighted by molar-refractivity contribution is -0.0752. The summed E-state index contributed by atoms with van der Waals surface area (Å²) in [4.78, 5) is 0. The number of hydrogen-bond acceptors (Lipinski definition) is 4. The highest BCUT2D eigenvalue weighted by Gasteiger charge is 2.43. The van der Waals surface area contributed by atoms with Gasteiger partial charge in [0.2, 0.25) is 0 Å². The number of benzene rings is 2. The number of rotatable bonds is 7. The fraction of sp³-hybridized carbons (Fsp3) is 0.636. The van der Waals surface area contributed by atoms with Crippen LogP contribution in [0.15, 0.2) is 36.4 Å². The van der Waals surface area contributed by atoms with Gasteiger partial charge >= 0.3 is 0 Å². The van der Waals surface area contributed by atoms with Crippen LogP contribution in [0.25, 0.3) is 0 Å². The lowest BCUT2D eigenvalue weighted by Gasteiger charge is -2.40. The minimum absolute atomic E-state index is 0. The molecule has 4 nitrogen and oxygen atoms in total. The fourth-order valence-electron chi connectivity index (χ4n) is 4.63. The molecule has 0 spiro atoms. The zero-order valence-electron chi connectivity index (χ0n) is 25.4. The standard InChI is InChI=1S/C33H52O4.H4Si/c1-29(2,3)22-13-15-24(25(17-22)31(7,8)9)28(33(19-34,20-35)21-36)37-27-16-14-23(30(4,5)6)18-26(27)32(10,11)12;/h13-18,28,34-36H,19-21H2,1-12H3;1H4. The van der Waals surface area contributed by atoms with Gasteiger partial charge in [-0.15, -0.1) is 0 Å². The maximum atomic E-state index is 10.5. The summed E-state index contributed by atoms with van der Waals surface area (Å²) in [6.07, 6.45) is -0.766. The molecule has 0 bridgehead atoms. The van der Waals surface area contributed by atoms with Crippen molar-refractivity contribution in [2.45, 2.75) is 111 Å². The SMILES string of the molecule is CC(C)(C)c1ccc(OC(c2ccc(C(C)(C)C)cc2C(C)(C)C)C(CO)(CO)CO)c(C(C)(C)C)c1.[SiH4]. The minimum atomic E-state index is -1.28. The van der Waals surface area contributed by atoms with E-state index in [0.29, 0.717) is 5.75 Å². The Kier molecular flexibility index (Phi) is 10.7. The molecule has 1 unspecified atom stereocenters. The van der Waals surface area contributed by atoms with E-state index in [-0.39, 0.29) is 32.6 Å². The minimum Gasteiger partial charge on any atom is -0.485 e. The van der Waals surface area contributed by atoms with Crippen LogP contribution in [-0.2, 0) is 21.7 Å². The molecule has 0 fully saturated rings. The summed E-state index contributed by atoms with van der Waals surface area (Å²) in [6, 6.07) is 12.7. The summed E-state index contributed by atoms with van der Waals surface area (Å²) in [5.41, 5.74) is 3.64. The topological polar surface area (TPSA) is 69.9 Å². The van der Waals surface area contributed by atoms with E-state index < -0.39 is 31.3 Å². The molecular weight excluding hydrogens is 488 g/mol. The number of aliphatic hydroxyl groups excluding tert-OH is 3. The van der Waals surface area contributed by atoms with Gasteiger partial charge < -0.3 is 20.1 Å². The van der Waals surface area contributed by atoms with Crippen molar-refractivity contribution in [1.29, 1.82) is 0 Å². The van der Waals surface area contributed by atoms with Crippen molar-refractivity contribution >= 4 is 11.0 Å². The summed E-state index contributed by atoms with van der Waals surface area (Å²) >= 11 is 0. The molecule has 1 atom stereocenters. The van der Waals surface area contributed by atoms with E-state index in [1.807, 2.05) is 6.07 Å². The second kappa shape index (κ2) is 11.8. The second-order valence-corrected chi connectivity index (χ2v) is 14.8. The van der Waals surface area contributed by atoms with E-state index >= 15 is 0 Å².